The molecule has 1 unspecified atom stereocenters. The minimum Gasteiger partial charge on any atom is -0.351 e. The van der Waals surface area contributed by atoms with Crippen LogP contribution < -0.4 is 21.3 Å². The van der Waals surface area contributed by atoms with Crippen LogP contribution in [0.2, 0.25) is 0 Å². The van der Waals surface area contributed by atoms with E-state index in [1.807, 2.05) is 0 Å². The van der Waals surface area contributed by atoms with Crippen LogP contribution in [0.1, 0.15) is 58.7 Å². The number of amides is 2. The highest BCUT2D eigenvalue weighted by molar-refractivity contribution is 14.1. The predicted octanol–water partition coefficient (Wildman–Crippen LogP) is 4.42. The lowest BCUT2D eigenvalue weighted by molar-refractivity contribution is 0.0942. The van der Waals surface area contributed by atoms with Crippen molar-refractivity contribution in [1.82, 2.24) is 16.0 Å². The summed E-state index contributed by atoms with van der Waals surface area (Å²) >= 11 is 3.27. The number of benzene rings is 1. The van der Waals surface area contributed by atoms with Gasteiger partial charge in [-0.25, -0.2) is 4.39 Å². The molecular formula is C23H28FIN4O2S. The molecule has 1 aromatic carbocycles. The molecule has 1 fully saturated rings. The number of carbonyl (C=O) groups excluding carboxylic acids is 2. The first kappa shape index (κ1) is 23.4. The molecule has 3 heterocycles. The molecule has 32 heavy (non-hydrogen) atoms. The Balaban J connectivity index is 1.69. The van der Waals surface area contributed by atoms with Crippen molar-refractivity contribution in [2.75, 3.05) is 25.0 Å². The molecule has 4 rings (SSSR count). The lowest BCUT2D eigenvalue weighted by Crippen LogP contribution is -2.43. The van der Waals surface area contributed by atoms with Crippen LogP contribution in [0.3, 0.4) is 0 Å². The third kappa shape index (κ3) is 5.26. The molecule has 2 amide bonds. The summed E-state index contributed by atoms with van der Waals surface area (Å²) in [6.07, 6.45) is 3.91. The summed E-state index contributed by atoms with van der Waals surface area (Å²) in [7, 11) is 0. The second kappa shape index (κ2) is 9.64. The fourth-order valence-electron chi connectivity index (χ4n) is 4.20. The fraction of sp³-hybridized carbons (Fsp3) is 0.478. The molecule has 0 aliphatic carbocycles. The van der Waals surface area contributed by atoms with Gasteiger partial charge in [0.1, 0.15) is 10.8 Å². The Morgan fingerprint density at radius 2 is 2.16 bits per heavy atom. The van der Waals surface area contributed by atoms with Crippen molar-refractivity contribution >= 4 is 56.4 Å². The fourth-order valence-corrected chi connectivity index (χ4v) is 5.80. The van der Waals surface area contributed by atoms with E-state index in [-0.39, 0.29) is 29.0 Å². The Morgan fingerprint density at radius 1 is 1.34 bits per heavy atom. The van der Waals surface area contributed by atoms with Crippen molar-refractivity contribution in [2.45, 2.75) is 45.6 Å². The summed E-state index contributed by atoms with van der Waals surface area (Å²) in [5.74, 6) is -0.813. The lowest BCUT2D eigenvalue weighted by Gasteiger charge is -2.24. The van der Waals surface area contributed by atoms with Gasteiger partial charge < -0.3 is 21.3 Å². The van der Waals surface area contributed by atoms with Gasteiger partial charge in [0.2, 0.25) is 0 Å². The number of rotatable bonds is 5. The Bertz CT molecular complexity index is 1030. The molecule has 0 radical (unpaired) electrons. The van der Waals surface area contributed by atoms with Gasteiger partial charge in [0.05, 0.1) is 16.1 Å². The first-order valence-corrected chi connectivity index (χ1v) is 12.8. The molecule has 172 valence electrons. The SMILES string of the molecule is CC1(C)CNC(=O)c2sc(Nc3ccc(I)cc3F)c(C(=O)NCC3CCCCN3)c2C1. The maximum absolute atomic E-state index is 14.6. The van der Waals surface area contributed by atoms with Gasteiger partial charge in [-0.1, -0.05) is 20.3 Å². The molecule has 0 spiro atoms. The third-order valence-electron chi connectivity index (χ3n) is 5.92. The van der Waals surface area contributed by atoms with E-state index >= 15 is 0 Å². The molecule has 9 heteroatoms. The Morgan fingerprint density at radius 3 is 2.88 bits per heavy atom. The van der Waals surface area contributed by atoms with E-state index in [2.05, 4.69) is 57.7 Å². The van der Waals surface area contributed by atoms with Crippen molar-refractivity contribution in [3.63, 3.8) is 0 Å². The zero-order valence-electron chi connectivity index (χ0n) is 18.2. The largest absolute Gasteiger partial charge is 0.351 e. The van der Waals surface area contributed by atoms with E-state index in [1.165, 1.54) is 17.4 Å². The minimum atomic E-state index is -0.400. The highest BCUT2D eigenvalue weighted by Gasteiger charge is 2.34. The summed E-state index contributed by atoms with van der Waals surface area (Å²) in [5.41, 5.74) is 1.26. The quantitative estimate of drug-likeness (QED) is 0.402. The van der Waals surface area contributed by atoms with Gasteiger partial charge in [0.15, 0.2) is 0 Å². The first-order valence-electron chi connectivity index (χ1n) is 10.9. The van der Waals surface area contributed by atoms with Gasteiger partial charge in [-0.3, -0.25) is 9.59 Å². The van der Waals surface area contributed by atoms with E-state index in [0.717, 1.165) is 34.9 Å². The standard InChI is InChI=1S/C23H28FIN4O2S/c1-23(2)10-15-18(20(30)27-11-14-5-3-4-8-26-14)22(32-19(15)21(31)28-12-23)29-17-7-6-13(25)9-16(17)24/h6-7,9,14,26,29H,3-5,8,10-12H2,1-2H3,(H,27,30)(H,28,31). The molecule has 2 aromatic rings. The molecule has 1 atom stereocenters. The van der Waals surface area contributed by atoms with E-state index in [1.54, 1.807) is 12.1 Å². The minimum absolute atomic E-state index is 0.185. The topological polar surface area (TPSA) is 82.3 Å². The van der Waals surface area contributed by atoms with Gasteiger partial charge in [0.25, 0.3) is 11.8 Å². The first-order chi connectivity index (χ1) is 15.2. The molecule has 1 saturated heterocycles. The van der Waals surface area contributed by atoms with Crippen LogP contribution in [0.4, 0.5) is 15.1 Å². The maximum atomic E-state index is 14.6. The number of anilines is 2. The number of carbonyl (C=O) groups is 2. The van der Waals surface area contributed by atoms with Crippen LogP contribution in [0.15, 0.2) is 18.2 Å². The van der Waals surface area contributed by atoms with Crippen LogP contribution in [0, 0.1) is 14.8 Å². The van der Waals surface area contributed by atoms with E-state index < -0.39 is 5.82 Å². The number of hydrogen-bond donors (Lipinski definition) is 4. The summed E-state index contributed by atoms with van der Waals surface area (Å²) in [5, 5.41) is 13.1. The van der Waals surface area contributed by atoms with Crippen LogP contribution in [-0.2, 0) is 6.42 Å². The van der Waals surface area contributed by atoms with Gasteiger partial charge in [-0.2, -0.15) is 0 Å². The van der Waals surface area contributed by atoms with Crippen molar-refractivity contribution in [1.29, 1.82) is 0 Å². The molecule has 4 N–H and O–H groups in total. The summed E-state index contributed by atoms with van der Waals surface area (Å²) in [6.45, 7) is 6.16. The summed E-state index contributed by atoms with van der Waals surface area (Å²) in [6, 6.07) is 5.13. The molecule has 0 saturated carbocycles. The zero-order valence-corrected chi connectivity index (χ0v) is 21.2. The van der Waals surface area contributed by atoms with Gasteiger partial charge >= 0.3 is 0 Å². The van der Waals surface area contributed by atoms with E-state index in [9.17, 15) is 14.0 Å². The second-order valence-corrected chi connectivity index (χ2v) is 11.5. The predicted molar refractivity (Wildman–Crippen MR) is 135 cm³/mol. The molecule has 6 nitrogen and oxygen atoms in total. The number of thiophene rings is 1. The summed E-state index contributed by atoms with van der Waals surface area (Å²) < 4.78 is 15.3. The van der Waals surface area contributed by atoms with Crippen molar-refractivity contribution < 1.29 is 14.0 Å². The monoisotopic (exact) mass is 570 g/mol. The molecule has 2 aliphatic rings. The highest BCUT2D eigenvalue weighted by atomic mass is 127. The number of nitrogens with one attached hydrogen (secondary N) is 4. The Labute approximate surface area is 205 Å². The van der Waals surface area contributed by atoms with Gasteiger partial charge in [-0.05, 0) is 77.6 Å². The van der Waals surface area contributed by atoms with Crippen LogP contribution in [0.5, 0.6) is 0 Å². The number of fused-ring (bicyclic) bond motifs is 1. The zero-order chi connectivity index (χ0) is 22.9. The third-order valence-corrected chi connectivity index (χ3v) is 7.74. The highest BCUT2D eigenvalue weighted by Crippen LogP contribution is 2.40. The second-order valence-electron chi connectivity index (χ2n) is 9.24. The molecule has 0 bridgehead atoms. The molecule has 1 aromatic heterocycles. The number of halogens is 2. The van der Waals surface area contributed by atoms with E-state index in [0.29, 0.717) is 35.0 Å². The normalized spacial score (nSPS) is 20.1. The number of hydrogen-bond acceptors (Lipinski definition) is 5. The Hall–Kier alpha value is -1.72. The maximum Gasteiger partial charge on any atom is 0.261 e. The average molecular weight is 570 g/mol. The van der Waals surface area contributed by atoms with Crippen molar-refractivity contribution in [3.05, 3.63) is 43.6 Å². The van der Waals surface area contributed by atoms with Crippen LogP contribution >= 0.6 is 33.9 Å². The lowest BCUT2D eigenvalue weighted by atomic mass is 9.85. The van der Waals surface area contributed by atoms with Gasteiger partial charge in [-0.15, -0.1) is 11.3 Å². The summed E-state index contributed by atoms with van der Waals surface area (Å²) in [4.78, 5) is 26.7. The Kier molecular flexibility index (Phi) is 7.06. The molecular weight excluding hydrogens is 542 g/mol. The van der Waals surface area contributed by atoms with Crippen molar-refractivity contribution in [2.24, 2.45) is 5.41 Å². The van der Waals surface area contributed by atoms with Gasteiger partial charge in [0, 0.05) is 22.7 Å². The smallest absolute Gasteiger partial charge is 0.261 e. The van der Waals surface area contributed by atoms with Crippen LogP contribution in [0.25, 0.3) is 0 Å². The average Bonchev–Trinajstić information content (AvgIpc) is 3.05. The number of piperidine rings is 1. The van der Waals surface area contributed by atoms with E-state index in [4.69, 9.17) is 0 Å². The van der Waals surface area contributed by atoms with Crippen molar-refractivity contribution in [3.8, 4) is 0 Å². The molecule has 2 aliphatic heterocycles. The van der Waals surface area contributed by atoms with Crippen LogP contribution in [-0.4, -0.2) is 37.5 Å².